The quantitative estimate of drug-likeness (QED) is 0.861. The second kappa shape index (κ2) is 5.61. The van der Waals surface area contributed by atoms with Crippen LogP contribution in [0.5, 0.6) is 0 Å². The molecule has 6 heteroatoms. The predicted molar refractivity (Wildman–Crippen MR) is 74.9 cm³/mol. The highest BCUT2D eigenvalue weighted by Crippen LogP contribution is 2.17. The van der Waals surface area contributed by atoms with Gasteiger partial charge in [-0.1, -0.05) is 0 Å². The first kappa shape index (κ1) is 13.9. The minimum absolute atomic E-state index is 0.0840. The summed E-state index contributed by atoms with van der Waals surface area (Å²) in [7, 11) is 3.94. The lowest BCUT2D eigenvalue weighted by Crippen LogP contribution is -2.33. The third kappa shape index (κ3) is 3.07. The van der Waals surface area contributed by atoms with Crippen molar-refractivity contribution in [2.45, 2.75) is 19.9 Å². The van der Waals surface area contributed by atoms with Crippen molar-refractivity contribution in [3.8, 4) is 0 Å². The molecule has 1 unspecified atom stereocenters. The fourth-order valence-corrected chi connectivity index (χ4v) is 2.59. The first-order chi connectivity index (χ1) is 9.01. The number of rotatable bonds is 4. The first-order valence-corrected chi connectivity index (χ1v) is 6.78. The third-order valence-electron chi connectivity index (χ3n) is 3.68. The van der Waals surface area contributed by atoms with E-state index < -0.39 is 0 Å². The monoisotopic (exact) mass is 265 g/mol. The number of carbonyl (C=O) groups is 1. The van der Waals surface area contributed by atoms with Crippen LogP contribution < -0.4 is 5.73 Å². The van der Waals surface area contributed by atoms with E-state index in [0.29, 0.717) is 23.8 Å². The molecule has 1 aromatic heterocycles. The molecule has 1 amide bonds. The predicted octanol–water partition coefficient (Wildman–Crippen LogP) is 0.509. The van der Waals surface area contributed by atoms with Gasteiger partial charge < -0.3 is 15.5 Å². The van der Waals surface area contributed by atoms with E-state index in [9.17, 15) is 4.79 Å². The van der Waals surface area contributed by atoms with Crippen LogP contribution in [-0.4, -0.2) is 59.2 Å². The molecule has 1 atom stereocenters. The molecule has 0 bridgehead atoms. The fraction of sp³-hybridized carbons (Fsp3) is 0.692. The lowest BCUT2D eigenvalue weighted by Gasteiger charge is -2.20. The van der Waals surface area contributed by atoms with Gasteiger partial charge in [-0.15, -0.1) is 0 Å². The van der Waals surface area contributed by atoms with Crippen LogP contribution in [0.2, 0.25) is 0 Å². The molecule has 106 valence electrons. The molecule has 0 saturated carbocycles. The molecule has 2 N–H and O–H groups in total. The van der Waals surface area contributed by atoms with Crippen molar-refractivity contribution in [3.63, 3.8) is 0 Å². The van der Waals surface area contributed by atoms with Crippen molar-refractivity contribution >= 4 is 11.6 Å². The van der Waals surface area contributed by atoms with Crippen LogP contribution in [-0.2, 0) is 6.54 Å². The SMILES string of the molecule is CCn1cc(N)c(C(=O)N(C)CC2CCN(C)C2)n1. The van der Waals surface area contributed by atoms with E-state index in [1.807, 2.05) is 14.0 Å². The van der Waals surface area contributed by atoms with Gasteiger partial charge in [0.05, 0.1) is 5.69 Å². The van der Waals surface area contributed by atoms with E-state index in [-0.39, 0.29) is 5.91 Å². The number of nitrogen functional groups attached to an aromatic ring is 1. The van der Waals surface area contributed by atoms with Gasteiger partial charge in [-0.3, -0.25) is 9.48 Å². The summed E-state index contributed by atoms with van der Waals surface area (Å²) >= 11 is 0. The van der Waals surface area contributed by atoms with Gasteiger partial charge in [0.25, 0.3) is 5.91 Å². The summed E-state index contributed by atoms with van der Waals surface area (Å²) in [6, 6.07) is 0. The van der Waals surface area contributed by atoms with Crippen LogP contribution in [0.25, 0.3) is 0 Å². The van der Waals surface area contributed by atoms with Gasteiger partial charge in [-0.2, -0.15) is 5.10 Å². The van der Waals surface area contributed by atoms with Gasteiger partial charge in [0, 0.05) is 32.9 Å². The Morgan fingerprint density at radius 2 is 2.37 bits per heavy atom. The zero-order chi connectivity index (χ0) is 14.0. The maximum Gasteiger partial charge on any atom is 0.276 e. The third-order valence-corrected chi connectivity index (χ3v) is 3.68. The Balaban J connectivity index is 2.00. The molecular weight excluding hydrogens is 242 g/mol. The number of nitrogens with two attached hydrogens (primary N) is 1. The molecule has 0 spiro atoms. The number of anilines is 1. The van der Waals surface area contributed by atoms with Crippen molar-refractivity contribution in [2.24, 2.45) is 5.92 Å². The molecule has 1 aliphatic heterocycles. The van der Waals surface area contributed by atoms with Crippen molar-refractivity contribution < 1.29 is 4.79 Å². The summed E-state index contributed by atoms with van der Waals surface area (Å²) in [5, 5.41) is 4.23. The topological polar surface area (TPSA) is 67.4 Å². The average molecular weight is 265 g/mol. The van der Waals surface area contributed by atoms with E-state index >= 15 is 0 Å². The maximum absolute atomic E-state index is 12.3. The van der Waals surface area contributed by atoms with Gasteiger partial charge in [-0.05, 0) is 32.9 Å². The Labute approximate surface area is 114 Å². The summed E-state index contributed by atoms with van der Waals surface area (Å²) in [6.07, 6.45) is 2.86. The lowest BCUT2D eigenvalue weighted by molar-refractivity contribution is 0.0768. The molecule has 0 aliphatic carbocycles. The summed E-state index contributed by atoms with van der Waals surface area (Å²) in [5.74, 6) is 0.465. The summed E-state index contributed by atoms with van der Waals surface area (Å²) in [6.45, 7) is 5.62. The van der Waals surface area contributed by atoms with Gasteiger partial charge in [-0.25, -0.2) is 0 Å². The smallest absolute Gasteiger partial charge is 0.276 e. The average Bonchev–Trinajstić information content (AvgIpc) is 2.94. The van der Waals surface area contributed by atoms with Crippen molar-refractivity contribution in [2.75, 3.05) is 39.5 Å². The Bertz CT molecular complexity index is 456. The summed E-state index contributed by atoms with van der Waals surface area (Å²) in [5.41, 5.74) is 6.68. The van der Waals surface area contributed by atoms with E-state index in [2.05, 4.69) is 17.0 Å². The van der Waals surface area contributed by atoms with Crippen molar-refractivity contribution in [1.29, 1.82) is 0 Å². The lowest BCUT2D eigenvalue weighted by atomic mass is 10.1. The Morgan fingerprint density at radius 3 is 2.89 bits per heavy atom. The number of carbonyl (C=O) groups excluding carboxylic acids is 1. The highest BCUT2D eigenvalue weighted by Gasteiger charge is 2.25. The minimum Gasteiger partial charge on any atom is -0.396 e. The molecule has 6 nitrogen and oxygen atoms in total. The zero-order valence-electron chi connectivity index (χ0n) is 12.0. The van der Waals surface area contributed by atoms with Crippen LogP contribution in [0.4, 0.5) is 5.69 Å². The van der Waals surface area contributed by atoms with E-state index in [4.69, 9.17) is 5.73 Å². The van der Waals surface area contributed by atoms with Gasteiger partial charge in [0.15, 0.2) is 5.69 Å². The van der Waals surface area contributed by atoms with Crippen LogP contribution in [0.1, 0.15) is 23.8 Å². The fourth-order valence-electron chi connectivity index (χ4n) is 2.59. The summed E-state index contributed by atoms with van der Waals surface area (Å²) < 4.78 is 1.69. The number of hydrogen-bond acceptors (Lipinski definition) is 4. The molecule has 19 heavy (non-hydrogen) atoms. The largest absolute Gasteiger partial charge is 0.396 e. The van der Waals surface area contributed by atoms with E-state index in [1.165, 1.54) is 0 Å². The molecule has 1 aromatic rings. The van der Waals surface area contributed by atoms with Gasteiger partial charge in [0.2, 0.25) is 0 Å². The minimum atomic E-state index is -0.0840. The molecule has 2 rings (SSSR count). The second-order valence-electron chi connectivity index (χ2n) is 5.39. The van der Waals surface area contributed by atoms with E-state index in [0.717, 1.165) is 26.1 Å². The van der Waals surface area contributed by atoms with Crippen LogP contribution in [0.3, 0.4) is 0 Å². The van der Waals surface area contributed by atoms with Crippen LogP contribution in [0, 0.1) is 5.92 Å². The number of amides is 1. The van der Waals surface area contributed by atoms with Crippen LogP contribution in [0.15, 0.2) is 6.20 Å². The number of nitrogens with zero attached hydrogens (tertiary/aromatic N) is 4. The van der Waals surface area contributed by atoms with Crippen LogP contribution >= 0.6 is 0 Å². The Kier molecular flexibility index (Phi) is 4.09. The van der Waals surface area contributed by atoms with E-state index in [1.54, 1.807) is 15.8 Å². The molecule has 0 aromatic carbocycles. The summed E-state index contributed by atoms with van der Waals surface area (Å²) in [4.78, 5) is 16.4. The number of hydrogen-bond donors (Lipinski definition) is 1. The molecule has 2 heterocycles. The first-order valence-electron chi connectivity index (χ1n) is 6.78. The highest BCUT2D eigenvalue weighted by molar-refractivity contribution is 5.96. The molecule has 1 aliphatic rings. The molecular formula is C13H23N5O. The molecule has 0 radical (unpaired) electrons. The standard InChI is InChI=1S/C13H23N5O/c1-4-18-9-11(14)12(15-18)13(19)17(3)8-10-5-6-16(2)7-10/h9-10H,4-8,14H2,1-3H3. The molecule has 1 fully saturated rings. The zero-order valence-corrected chi connectivity index (χ0v) is 12.0. The Hall–Kier alpha value is -1.56. The number of aromatic nitrogens is 2. The normalized spacial score (nSPS) is 19.8. The van der Waals surface area contributed by atoms with Gasteiger partial charge in [0.1, 0.15) is 0 Å². The maximum atomic E-state index is 12.3. The molecule has 1 saturated heterocycles. The Morgan fingerprint density at radius 1 is 1.63 bits per heavy atom. The highest BCUT2D eigenvalue weighted by atomic mass is 16.2. The number of aryl methyl sites for hydroxylation is 1. The second-order valence-corrected chi connectivity index (χ2v) is 5.39. The number of likely N-dealkylation sites (tertiary alicyclic amines) is 1. The van der Waals surface area contributed by atoms with Gasteiger partial charge >= 0.3 is 0 Å². The van der Waals surface area contributed by atoms with Crippen molar-refractivity contribution in [3.05, 3.63) is 11.9 Å². The van der Waals surface area contributed by atoms with Crippen molar-refractivity contribution in [1.82, 2.24) is 19.6 Å².